The van der Waals surface area contributed by atoms with Gasteiger partial charge in [-0.25, -0.2) is 14.7 Å². The highest BCUT2D eigenvalue weighted by Crippen LogP contribution is 2.31. The Morgan fingerprint density at radius 3 is 2.96 bits per heavy atom. The van der Waals surface area contributed by atoms with Crippen LogP contribution in [0.2, 0.25) is 5.02 Å². The van der Waals surface area contributed by atoms with E-state index in [1.54, 1.807) is 6.20 Å². The van der Waals surface area contributed by atoms with Gasteiger partial charge < -0.3 is 4.74 Å². The first-order valence-corrected chi connectivity index (χ1v) is 8.96. The summed E-state index contributed by atoms with van der Waals surface area (Å²) < 4.78 is 9.76. The van der Waals surface area contributed by atoms with Crippen LogP contribution in [0.25, 0.3) is 11.4 Å². The quantitative estimate of drug-likeness (QED) is 0.545. The molecular weight excluding hydrogens is 352 g/mol. The molecule has 0 bridgehead atoms. The summed E-state index contributed by atoms with van der Waals surface area (Å²) in [7, 11) is 0. The molecule has 26 heavy (non-hydrogen) atoms. The number of aliphatic imine (C=N–C) groups is 1. The summed E-state index contributed by atoms with van der Waals surface area (Å²) >= 11 is 6.22. The van der Waals surface area contributed by atoms with Gasteiger partial charge in [0.15, 0.2) is 0 Å². The first kappa shape index (κ1) is 15.6. The minimum Gasteiger partial charge on any atom is -0.474 e. The first-order chi connectivity index (χ1) is 12.6. The maximum absolute atomic E-state index is 6.22. The van der Waals surface area contributed by atoms with Crippen LogP contribution in [0.4, 0.5) is 0 Å². The summed E-state index contributed by atoms with van der Waals surface area (Å²) in [6.07, 6.45) is 4.21. The van der Waals surface area contributed by atoms with Crippen molar-refractivity contribution in [2.75, 3.05) is 6.61 Å². The van der Waals surface area contributed by atoms with Gasteiger partial charge in [-0.05, 0) is 24.1 Å². The zero-order chi connectivity index (χ0) is 17.8. The molecule has 0 amide bonds. The second kappa shape index (κ2) is 5.67. The van der Waals surface area contributed by atoms with Gasteiger partial charge in [0.1, 0.15) is 18.6 Å². The lowest BCUT2D eigenvalue weighted by molar-refractivity contribution is 0.291. The van der Waals surface area contributed by atoms with Crippen molar-refractivity contribution in [3.63, 3.8) is 0 Å². The molecule has 0 saturated carbocycles. The van der Waals surface area contributed by atoms with E-state index in [0.29, 0.717) is 29.9 Å². The molecule has 4 heterocycles. The van der Waals surface area contributed by atoms with Gasteiger partial charge in [0.05, 0.1) is 35.0 Å². The minimum atomic E-state index is 0.173. The molecule has 1 aromatic carbocycles. The second-order valence-corrected chi connectivity index (χ2v) is 7.35. The van der Waals surface area contributed by atoms with Gasteiger partial charge in [-0.2, -0.15) is 0 Å². The second-order valence-electron chi connectivity index (χ2n) is 6.91. The Bertz CT molecular complexity index is 1030. The number of imidazole rings is 1. The summed E-state index contributed by atoms with van der Waals surface area (Å²) in [6, 6.07) is 5.90. The van der Waals surface area contributed by atoms with Gasteiger partial charge in [0.25, 0.3) is 0 Å². The first-order valence-electron chi connectivity index (χ1n) is 8.59. The van der Waals surface area contributed by atoms with Crippen LogP contribution >= 0.6 is 11.6 Å². The molecule has 1 unspecified atom stereocenters. The minimum absolute atomic E-state index is 0.173. The largest absolute Gasteiger partial charge is 0.474 e. The number of benzene rings is 1. The molecule has 0 spiro atoms. The third-order valence-corrected chi connectivity index (χ3v) is 5.14. The summed E-state index contributed by atoms with van der Waals surface area (Å²) in [6.45, 7) is 4.90. The summed E-state index contributed by atoms with van der Waals surface area (Å²) in [5.41, 5.74) is 4.59. The van der Waals surface area contributed by atoms with Crippen LogP contribution in [0.15, 0.2) is 35.7 Å². The van der Waals surface area contributed by atoms with Crippen LogP contribution in [0.5, 0.6) is 0 Å². The standard InChI is InChI=1S/C18H17ClN6O/c1-10(2)13-8-26-18(22-13)17-16-6-12-7-21-23-25(12)15-5-11(19)3-4-14(15)24(16)9-20-17/h3-5,7,9-10,13H,6,8H2,1-2H3. The molecule has 0 N–H and O–H groups in total. The van der Waals surface area contributed by atoms with E-state index in [-0.39, 0.29) is 6.04 Å². The van der Waals surface area contributed by atoms with Crippen molar-refractivity contribution in [3.8, 4) is 11.4 Å². The van der Waals surface area contributed by atoms with Gasteiger partial charge in [-0.15, -0.1) is 5.10 Å². The number of ether oxygens (including phenoxy) is 1. The van der Waals surface area contributed by atoms with Gasteiger partial charge in [-0.3, -0.25) is 4.57 Å². The maximum Gasteiger partial charge on any atom is 0.237 e. The average molecular weight is 369 g/mol. The van der Waals surface area contributed by atoms with E-state index >= 15 is 0 Å². The Morgan fingerprint density at radius 2 is 2.15 bits per heavy atom. The number of rotatable bonds is 2. The number of halogens is 1. The lowest BCUT2D eigenvalue weighted by atomic mass is 10.1. The molecule has 7 nitrogen and oxygen atoms in total. The molecule has 0 radical (unpaired) electrons. The number of hydrogen-bond acceptors (Lipinski definition) is 5. The van der Waals surface area contributed by atoms with Crippen molar-refractivity contribution in [2.45, 2.75) is 26.3 Å². The molecule has 132 valence electrons. The van der Waals surface area contributed by atoms with Crippen molar-refractivity contribution < 1.29 is 4.74 Å². The van der Waals surface area contributed by atoms with Crippen molar-refractivity contribution >= 4 is 17.5 Å². The Labute approximate surface area is 155 Å². The van der Waals surface area contributed by atoms with Crippen molar-refractivity contribution in [2.24, 2.45) is 10.9 Å². The lowest BCUT2D eigenvalue weighted by Gasteiger charge is -2.10. The van der Waals surface area contributed by atoms with Gasteiger partial charge in [-0.1, -0.05) is 30.7 Å². The van der Waals surface area contributed by atoms with Crippen molar-refractivity contribution in [3.05, 3.63) is 52.8 Å². The Hall–Kier alpha value is -2.67. The molecule has 3 aromatic rings. The summed E-state index contributed by atoms with van der Waals surface area (Å²) in [4.78, 5) is 9.36. The molecule has 0 saturated heterocycles. The Balaban J connectivity index is 1.70. The number of fused-ring (bicyclic) bond motifs is 5. The van der Waals surface area contributed by atoms with E-state index in [9.17, 15) is 0 Å². The summed E-state index contributed by atoms with van der Waals surface area (Å²) in [5, 5.41) is 8.96. The fraction of sp³-hybridized carbons (Fsp3) is 0.333. The predicted octanol–water partition coefficient (Wildman–Crippen LogP) is 2.81. The van der Waals surface area contributed by atoms with E-state index in [2.05, 4.69) is 33.7 Å². The molecule has 0 aliphatic carbocycles. The molecule has 2 aliphatic heterocycles. The van der Waals surface area contributed by atoms with Crippen LogP contribution in [-0.4, -0.2) is 43.1 Å². The van der Waals surface area contributed by atoms with Crippen LogP contribution < -0.4 is 0 Å². The number of aromatic nitrogens is 5. The fourth-order valence-electron chi connectivity index (χ4n) is 3.41. The smallest absolute Gasteiger partial charge is 0.237 e. The van der Waals surface area contributed by atoms with E-state index < -0.39 is 0 Å². The molecule has 1 atom stereocenters. The van der Waals surface area contributed by atoms with E-state index in [4.69, 9.17) is 21.3 Å². The monoisotopic (exact) mass is 368 g/mol. The third kappa shape index (κ3) is 2.27. The topological polar surface area (TPSA) is 70.1 Å². The average Bonchev–Trinajstić information content (AvgIpc) is 3.33. The normalized spacial score (nSPS) is 18.0. The van der Waals surface area contributed by atoms with E-state index in [0.717, 1.165) is 28.5 Å². The van der Waals surface area contributed by atoms with Crippen LogP contribution in [0.3, 0.4) is 0 Å². The number of hydrogen-bond donors (Lipinski definition) is 0. The van der Waals surface area contributed by atoms with Crippen LogP contribution in [0.1, 0.15) is 30.9 Å². The van der Waals surface area contributed by atoms with Gasteiger partial charge >= 0.3 is 0 Å². The van der Waals surface area contributed by atoms with Crippen molar-refractivity contribution in [1.82, 2.24) is 24.5 Å². The van der Waals surface area contributed by atoms with Gasteiger partial charge in [0.2, 0.25) is 5.90 Å². The molecule has 2 aromatic heterocycles. The van der Waals surface area contributed by atoms with Gasteiger partial charge in [0, 0.05) is 11.4 Å². The van der Waals surface area contributed by atoms with Crippen LogP contribution in [-0.2, 0) is 11.2 Å². The Kier molecular flexibility index (Phi) is 3.40. The molecule has 8 heteroatoms. The molecular formula is C18H17ClN6O. The van der Waals surface area contributed by atoms with Crippen LogP contribution in [0, 0.1) is 5.92 Å². The lowest BCUT2D eigenvalue weighted by Crippen LogP contribution is -2.13. The SMILES string of the molecule is CC(C)C1COC(c2ncn3c2Cc2cnnn2-c2cc(Cl)ccc2-3)=N1. The third-order valence-electron chi connectivity index (χ3n) is 4.91. The highest BCUT2D eigenvalue weighted by Gasteiger charge is 2.30. The fourth-order valence-corrected chi connectivity index (χ4v) is 3.58. The van der Waals surface area contributed by atoms with E-state index in [1.807, 2.05) is 29.2 Å². The highest BCUT2D eigenvalue weighted by molar-refractivity contribution is 6.30. The highest BCUT2D eigenvalue weighted by atomic mass is 35.5. The predicted molar refractivity (Wildman–Crippen MR) is 97.4 cm³/mol. The maximum atomic E-state index is 6.22. The Morgan fingerprint density at radius 1 is 1.27 bits per heavy atom. The zero-order valence-electron chi connectivity index (χ0n) is 14.4. The number of nitrogens with zero attached hydrogens (tertiary/aromatic N) is 6. The van der Waals surface area contributed by atoms with E-state index in [1.165, 1.54) is 0 Å². The van der Waals surface area contributed by atoms with Crippen molar-refractivity contribution in [1.29, 1.82) is 0 Å². The zero-order valence-corrected chi connectivity index (χ0v) is 15.2. The molecule has 5 rings (SSSR count). The molecule has 2 aliphatic rings. The summed E-state index contributed by atoms with van der Waals surface area (Å²) in [5.74, 6) is 1.05. The molecule has 0 fully saturated rings.